The first-order valence-electron chi connectivity index (χ1n) is 7.09. The third-order valence-electron chi connectivity index (χ3n) is 2.93. The first kappa shape index (κ1) is 17.0. The molecule has 1 aromatic rings. The lowest BCUT2D eigenvalue weighted by molar-refractivity contribution is -0.132. The van der Waals surface area contributed by atoms with Crippen LogP contribution in [-0.4, -0.2) is 11.1 Å². The maximum atomic E-state index is 11.4. The highest BCUT2D eigenvalue weighted by molar-refractivity contribution is 5.71. The maximum Gasteiger partial charge on any atom is 0.308 e. The standard InChI is InChI=1S/C18H24O3/c1-12(2)6-8-15-10-17(20)11-16(9-7-13(3)4)18(15)21-14(5)19/h6-7,10-11,20H,8-9H2,1-5H3. The molecule has 0 aliphatic rings. The van der Waals surface area contributed by atoms with Gasteiger partial charge in [0.1, 0.15) is 11.5 Å². The predicted molar refractivity (Wildman–Crippen MR) is 85.7 cm³/mol. The van der Waals surface area contributed by atoms with Crippen LogP contribution in [0.15, 0.2) is 35.4 Å². The zero-order valence-electron chi connectivity index (χ0n) is 13.5. The fourth-order valence-electron chi connectivity index (χ4n) is 1.94. The number of phenolic OH excluding ortho intramolecular Hbond substituents is 1. The van der Waals surface area contributed by atoms with E-state index >= 15 is 0 Å². The van der Waals surface area contributed by atoms with E-state index in [-0.39, 0.29) is 11.7 Å². The molecule has 0 radical (unpaired) electrons. The van der Waals surface area contributed by atoms with Gasteiger partial charge in [-0.3, -0.25) is 4.79 Å². The van der Waals surface area contributed by atoms with Gasteiger partial charge < -0.3 is 9.84 Å². The molecule has 114 valence electrons. The van der Waals surface area contributed by atoms with Crippen LogP contribution in [-0.2, 0) is 17.6 Å². The minimum Gasteiger partial charge on any atom is -0.508 e. The molecular weight excluding hydrogens is 264 g/mol. The molecule has 0 saturated heterocycles. The molecule has 21 heavy (non-hydrogen) atoms. The van der Waals surface area contributed by atoms with Crippen LogP contribution in [0.1, 0.15) is 45.7 Å². The molecule has 0 saturated carbocycles. The topological polar surface area (TPSA) is 46.5 Å². The van der Waals surface area contributed by atoms with Gasteiger partial charge in [-0.1, -0.05) is 23.3 Å². The van der Waals surface area contributed by atoms with Crippen LogP contribution in [0.5, 0.6) is 11.5 Å². The number of carbonyl (C=O) groups is 1. The number of allylic oxidation sites excluding steroid dienone is 4. The minimum absolute atomic E-state index is 0.195. The molecule has 0 fully saturated rings. The van der Waals surface area contributed by atoms with E-state index in [1.165, 1.54) is 18.1 Å². The van der Waals surface area contributed by atoms with Crippen molar-refractivity contribution >= 4 is 5.97 Å². The summed E-state index contributed by atoms with van der Waals surface area (Å²) in [5.74, 6) is 0.410. The van der Waals surface area contributed by atoms with Crippen LogP contribution in [0, 0.1) is 0 Å². The van der Waals surface area contributed by atoms with Gasteiger partial charge in [0.05, 0.1) is 0 Å². The molecule has 0 atom stereocenters. The van der Waals surface area contributed by atoms with Crippen molar-refractivity contribution in [2.45, 2.75) is 47.5 Å². The number of phenols is 1. The van der Waals surface area contributed by atoms with Gasteiger partial charge in [-0.2, -0.15) is 0 Å². The Morgan fingerprint density at radius 2 is 1.43 bits per heavy atom. The number of benzene rings is 1. The average molecular weight is 288 g/mol. The fourth-order valence-corrected chi connectivity index (χ4v) is 1.94. The number of hydrogen-bond acceptors (Lipinski definition) is 3. The molecule has 1 N–H and O–H groups in total. The normalized spacial score (nSPS) is 9.95. The van der Waals surface area contributed by atoms with E-state index in [9.17, 15) is 9.90 Å². The largest absolute Gasteiger partial charge is 0.508 e. The van der Waals surface area contributed by atoms with Crippen molar-refractivity contribution in [3.05, 3.63) is 46.6 Å². The lowest BCUT2D eigenvalue weighted by Crippen LogP contribution is -2.07. The highest BCUT2D eigenvalue weighted by Crippen LogP contribution is 2.31. The molecule has 0 amide bonds. The van der Waals surface area contributed by atoms with Crippen molar-refractivity contribution in [2.24, 2.45) is 0 Å². The molecule has 0 aromatic heterocycles. The van der Waals surface area contributed by atoms with Gasteiger partial charge in [0, 0.05) is 18.1 Å². The highest BCUT2D eigenvalue weighted by Gasteiger charge is 2.13. The van der Waals surface area contributed by atoms with Gasteiger partial charge in [0.25, 0.3) is 0 Å². The Hall–Kier alpha value is -2.03. The zero-order valence-corrected chi connectivity index (χ0v) is 13.5. The molecule has 0 heterocycles. The molecule has 3 nitrogen and oxygen atoms in total. The summed E-state index contributed by atoms with van der Waals surface area (Å²) in [5, 5.41) is 9.90. The van der Waals surface area contributed by atoms with Crippen LogP contribution in [0.3, 0.4) is 0 Å². The number of carbonyl (C=O) groups excluding carboxylic acids is 1. The van der Waals surface area contributed by atoms with Crippen molar-refractivity contribution in [2.75, 3.05) is 0 Å². The summed E-state index contributed by atoms with van der Waals surface area (Å²) in [4.78, 5) is 11.4. The Morgan fingerprint density at radius 1 is 1.00 bits per heavy atom. The summed E-state index contributed by atoms with van der Waals surface area (Å²) in [6, 6.07) is 3.31. The Morgan fingerprint density at radius 3 is 1.76 bits per heavy atom. The van der Waals surface area contributed by atoms with Gasteiger partial charge in [-0.15, -0.1) is 0 Å². The number of esters is 1. The van der Waals surface area contributed by atoms with Crippen LogP contribution in [0.2, 0.25) is 0 Å². The van der Waals surface area contributed by atoms with Gasteiger partial charge in [0.2, 0.25) is 0 Å². The first-order chi connectivity index (χ1) is 9.79. The molecule has 1 rings (SSSR count). The summed E-state index contributed by atoms with van der Waals surface area (Å²) in [5.41, 5.74) is 4.00. The Labute approximate surface area is 127 Å². The van der Waals surface area contributed by atoms with E-state index < -0.39 is 0 Å². The highest BCUT2D eigenvalue weighted by atomic mass is 16.5. The fraction of sp³-hybridized carbons (Fsp3) is 0.389. The number of aromatic hydroxyl groups is 1. The number of rotatable bonds is 5. The molecule has 0 aliphatic carbocycles. The summed E-state index contributed by atoms with van der Waals surface area (Å²) < 4.78 is 5.39. The van der Waals surface area contributed by atoms with Crippen LogP contribution in [0.25, 0.3) is 0 Å². The molecule has 0 unspecified atom stereocenters. The second-order valence-electron chi connectivity index (χ2n) is 5.66. The second kappa shape index (κ2) is 7.67. The molecule has 0 spiro atoms. The summed E-state index contributed by atoms with van der Waals surface area (Å²) in [7, 11) is 0. The predicted octanol–water partition coefficient (Wildman–Crippen LogP) is 4.33. The monoisotopic (exact) mass is 288 g/mol. The Balaban J connectivity index is 3.29. The van der Waals surface area contributed by atoms with Gasteiger partial charge in [-0.05, 0) is 52.7 Å². The molecule has 0 aliphatic heterocycles. The van der Waals surface area contributed by atoms with E-state index in [2.05, 4.69) is 0 Å². The number of ether oxygens (including phenoxy) is 1. The SMILES string of the molecule is CC(=O)Oc1c(CC=C(C)C)cc(O)cc1CC=C(C)C. The minimum atomic E-state index is -0.349. The smallest absolute Gasteiger partial charge is 0.308 e. The first-order valence-corrected chi connectivity index (χ1v) is 7.09. The quantitative estimate of drug-likeness (QED) is 0.498. The van der Waals surface area contributed by atoms with E-state index in [1.807, 2.05) is 39.8 Å². The molecule has 3 heteroatoms. The Bertz CT molecular complexity index is 531. The van der Waals surface area contributed by atoms with Crippen molar-refractivity contribution in [1.82, 2.24) is 0 Å². The van der Waals surface area contributed by atoms with Gasteiger partial charge in [-0.25, -0.2) is 0 Å². The molecule has 1 aromatic carbocycles. The van der Waals surface area contributed by atoms with Gasteiger partial charge >= 0.3 is 5.97 Å². The lowest BCUT2D eigenvalue weighted by atomic mass is 10.0. The van der Waals surface area contributed by atoms with E-state index in [4.69, 9.17) is 4.74 Å². The second-order valence-corrected chi connectivity index (χ2v) is 5.66. The van der Waals surface area contributed by atoms with Gasteiger partial charge in [0.15, 0.2) is 0 Å². The van der Waals surface area contributed by atoms with E-state index in [1.54, 1.807) is 12.1 Å². The van der Waals surface area contributed by atoms with Crippen LogP contribution in [0.4, 0.5) is 0 Å². The van der Waals surface area contributed by atoms with Crippen molar-refractivity contribution in [3.63, 3.8) is 0 Å². The average Bonchev–Trinajstić information content (AvgIpc) is 2.35. The lowest BCUT2D eigenvalue weighted by Gasteiger charge is -2.13. The van der Waals surface area contributed by atoms with Crippen molar-refractivity contribution in [1.29, 1.82) is 0 Å². The summed E-state index contributed by atoms with van der Waals surface area (Å²) in [6.07, 6.45) is 5.35. The summed E-state index contributed by atoms with van der Waals surface area (Å²) in [6.45, 7) is 9.44. The van der Waals surface area contributed by atoms with Crippen LogP contribution < -0.4 is 4.74 Å². The van der Waals surface area contributed by atoms with Crippen molar-refractivity contribution in [3.8, 4) is 11.5 Å². The van der Waals surface area contributed by atoms with Crippen molar-refractivity contribution < 1.29 is 14.6 Å². The maximum absolute atomic E-state index is 11.4. The third-order valence-corrected chi connectivity index (χ3v) is 2.93. The number of hydrogen-bond donors (Lipinski definition) is 1. The van der Waals surface area contributed by atoms with E-state index in [0.717, 1.165) is 11.1 Å². The molecular formula is C18H24O3. The van der Waals surface area contributed by atoms with Crippen LogP contribution >= 0.6 is 0 Å². The molecule has 0 bridgehead atoms. The third kappa shape index (κ3) is 5.86. The Kier molecular flexibility index (Phi) is 6.22. The zero-order chi connectivity index (χ0) is 16.0. The van der Waals surface area contributed by atoms with E-state index in [0.29, 0.717) is 18.6 Å². The summed E-state index contributed by atoms with van der Waals surface area (Å²) >= 11 is 0.